The Morgan fingerprint density at radius 2 is 1.92 bits per heavy atom. The van der Waals surface area contributed by atoms with Crippen LogP contribution in [0, 0.1) is 0 Å². The fraction of sp³-hybridized carbons (Fsp3) is 0.462. The Hall–Kier alpha value is -0.910. The monoisotopic (exact) mass is 478 g/mol. The number of hydrogen-bond donors (Lipinski definition) is 3. The van der Waals surface area contributed by atoms with Gasteiger partial charge in [-0.25, -0.2) is 13.1 Å². The van der Waals surface area contributed by atoms with Crippen molar-refractivity contribution in [1.82, 2.24) is 9.62 Å². The molecule has 1 aromatic rings. The number of likely N-dealkylation sites (N-methyl/N-ethyl adjacent to an activating group) is 1. The van der Waals surface area contributed by atoms with Crippen molar-refractivity contribution in [1.29, 1.82) is 0 Å². The van der Waals surface area contributed by atoms with Gasteiger partial charge in [-0.1, -0.05) is 28.1 Å². The molecule has 1 rings (SSSR count). The third-order valence-corrected chi connectivity index (χ3v) is 5.60. The van der Waals surface area contributed by atoms with Crippen LogP contribution in [0.2, 0.25) is 0 Å². The molecule has 0 heterocycles. The van der Waals surface area contributed by atoms with Gasteiger partial charge >= 0.3 is 13.3 Å². The van der Waals surface area contributed by atoms with E-state index in [1.54, 1.807) is 0 Å². The van der Waals surface area contributed by atoms with Gasteiger partial charge in [0.2, 0.25) is 15.9 Å². The number of nitrogens with zero attached hydrogens (tertiary/aromatic N) is 1. The molecule has 1 atom stereocenters. The van der Waals surface area contributed by atoms with Crippen LogP contribution in [-0.2, 0) is 31.5 Å². The summed E-state index contributed by atoms with van der Waals surface area (Å²) in [5.74, 6) is -0.545. The topological polar surface area (TPSA) is 124 Å². The van der Waals surface area contributed by atoms with Crippen molar-refractivity contribution >= 4 is 39.5 Å². The predicted octanol–water partition coefficient (Wildman–Crippen LogP) is 1.22. The number of amides is 1. The molecule has 0 aliphatic rings. The smallest absolute Gasteiger partial charge is 0.347 e. The van der Waals surface area contributed by atoms with Gasteiger partial charge in [0, 0.05) is 24.1 Å². The molecule has 0 saturated heterocycles. The van der Waals surface area contributed by atoms with Crippen molar-refractivity contribution in [2.24, 2.45) is 0 Å². The number of rotatable bonds is 7. The Labute approximate surface area is 157 Å². The van der Waals surface area contributed by atoms with Gasteiger partial charge < -0.3 is 14.7 Å². The van der Waals surface area contributed by atoms with Crippen LogP contribution >= 0.6 is 23.5 Å². The Morgan fingerprint density at radius 3 is 2.31 bits per heavy atom. The summed E-state index contributed by atoms with van der Waals surface area (Å²) in [6.45, 7) is 0. The third-order valence-electron chi connectivity index (χ3n) is 3.26. The van der Waals surface area contributed by atoms with Crippen molar-refractivity contribution in [2.75, 3.05) is 20.4 Å². The summed E-state index contributed by atoms with van der Waals surface area (Å²) in [7, 11) is -6.59. The van der Waals surface area contributed by atoms with E-state index >= 15 is 0 Å². The number of halogens is 3. The van der Waals surface area contributed by atoms with Crippen LogP contribution in [0.15, 0.2) is 22.7 Å². The third kappa shape index (κ3) is 5.80. The molecule has 0 bridgehead atoms. The maximum atomic E-state index is 13.8. The van der Waals surface area contributed by atoms with E-state index in [1.165, 1.54) is 19.0 Å². The Morgan fingerprint density at radius 1 is 1.38 bits per heavy atom. The molecular weight excluding hydrogens is 461 g/mol. The van der Waals surface area contributed by atoms with Crippen LogP contribution in [0.1, 0.15) is 11.1 Å². The van der Waals surface area contributed by atoms with Gasteiger partial charge in [0.05, 0.1) is 6.26 Å². The summed E-state index contributed by atoms with van der Waals surface area (Å²) in [5, 5.41) is 0. The SMILES string of the molecule is CN(C)C(=O)C(Cc1ccc(C(F)(F)P(=O)(O)O)c(Br)c1)NS(C)(=O)=O. The first-order valence-electron chi connectivity index (χ1n) is 6.97. The largest absolute Gasteiger partial charge is 0.399 e. The first-order valence-corrected chi connectivity index (χ1v) is 11.3. The highest BCUT2D eigenvalue weighted by Gasteiger charge is 2.51. The van der Waals surface area contributed by atoms with Crippen molar-refractivity contribution < 1.29 is 36.3 Å². The second-order valence-electron chi connectivity index (χ2n) is 5.78. The van der Waals surface area contributed by atoms with Crippen LogP contribution in [0.5, 0.6) is 0 Å². The second-order valence-corrected chi connectivity index (χ2v) is 10.1. The number of sulfonamides is 1. The number of carbonyl (C=O) groups is 1. The molecule has 1 amide bonds. The van der Waals surface area contributed by atoms with E-state index in [2.05, 4.69) is 20.7 Å². The predicted molar refractivity (Wildman–Crippen MR) is 94.2 cm³/mol. The molecule has 13 heteroatoms. The van der Waals surface area contributed by atoms with E-state index in [0.717, 1.165) is 24.5 Å². The van der Waals surface area contributed by atoms with Crippen LogP contribution < -0.4 is 4.72 Å². The minimum atomic E-state index is -5.73. The molecule has 1 aromatic carbocycles. The van der Waals surface area contributed by atoms with Crippen LogP contribution in [-0.4, -0.2) is 55.4 Å². The van der Waals surface area contributed by atoms with Gasteiger partial charge in [0.15, 0.2) is 0 Å². The Balaban J connectivity index is 3.22. The fourth-order valence-electron chi connectivity index (χ4n) is 2.07. The van der Waals surface area contributed by atoms with Crippen molar-refractivity contribution in [3.05, 3.63) is 33.8 Å². The molecule has 0 fully saturated rings. The molecule has 148 valence electrons. The summed E-state index contributed by atoms with van der Waals surface area (Å²) in [5.41, 5.74) is -5.01. The molecule has 3 N–H and O–H groups in total. The molecule has 0 spiro atoms. The zero-order chi connectivity index (χ0) is 20.5. The highest BCUT2D eigenvalue weighted by Crippen LogP contribution is 2.60. The lowest BCUT2D eigenvalue weighted by Crippen LogP contribution is -2.47. The normalized spacial score (nSPS) is 14.2. The lowest BCUT2D eigenvalue weighted by Gasteiger charge is -2.22. The van der Waals surface area contributed by atoms with E-state index < -0.39 is 40.8 Å². The number of benzene rings is 1. The van der Waals surface area contributed by atoms with Gasteiger partial charge in [0.1, 0.15) is 6.04 Å². The highest BCUT2D eigenvalue weighted by molar-refractivity contribution is 9.10. The zero-order valence-corrected chi connectivity index (χ0v) is 17.3. The molecule has 1 unspecified atom stereocenters. The molecule has 8 nitrogen and oxygen atoms in total. The van der Waals surface area contributed by atoms with Crippen LogP contribution in [0.3, 0.4) is 0 Å². The first kappa shape index (κ1) is 23.1. The average Bonchev–Trinajstić information content (AvgIpc) is 2.42. The maximum Gasteiger partial charge on any atom is 0.399 e. The lowest BCUT2D eigenvalue weighted by molar-refractivity contribution is -0.130. The Kier molecular flexibility index (Phi) is 7.11. The fourth-order valence-corrected chi connectivity index (χ4v) is 4.11. The summed E-state index contributed by atoms with van der Waals surface area (Å²) in [6.07, 6.45) is 0.729. The number of carbonyl (C=O) groups excluding carboxylic acids is 1. The zero-order valence-electron chi connectivity index (χ0n) is 14.0. The van der Waals surface area contributed by atoms with Gasteiger partial charge in [0.25, 0.3) is 0 Å². The number of alkyl halides is 2. The number of nitrogens with one attached hydrogen (secondary N) is 1. The molecule has 0 aromatic heterocycles. The van der Waals surface area contributed by atoms with Gasteiger partial charge in [-0.15, -0.1) is 0 Å². The summed E-state index contributed by atoms with van der Waals surface area (Å²) in [6, 6.07) is 1.94. The van der Waals surface area contributed by atoms with Crippen molar-refractivity contribution in [3.63, 3.8) is 0 Å². The summed E-state index contributed by atoms with van der Waals surface area (Å²) < 4.78 is 63.4. The molecule has 0 aliphatic carbocycles. The van der Waals surface area contributed by atoms with Crippen LogP contribution in [0.4, 0.5) is 8.78 Å². The molecule has 0 aliphatic heterocycles. The quantitative estimate of drug-likeness (QED) is 0.506. The average molecular weight is 479 g/mol. The van der Waals surface area contributed by atoms with Crippen molar-refractivity contribution in [2.45, 2.75) is 18.1 Å². The summed E-state index contributed by atoms with van der Waals surface area (Å²) in [4.78, 5) is 30.9. The molecular formula is C13H18BrF2N2O6PS. The highest BCUT2D eigenvalue weighted by atomic mass is 79.9. The maximum absolute atomic E-state index is 13.8. The Bertz CT molecular complexity index is 843. The van der Waals surface area contributed by atoms with E-state index in [4.69, 9.17) is 9.79 Å². The molecule has 0 saturated carbocycles. The standard InChI is InChI=1S/C13H18BrF2N2O6PS/c1-18(2)12(19)11(17-26(3,23)24)7-8-4-5-9(10(14)6-8)13(15,16)25(20,21)22/h4-6,11,17H,7H2,1-3H3,(H2,20,21,22). The summed E-state index contributed by atoms with van der Waals surface area (Å²) >= 11 is 2.84. The minimum absolute atomic E-state index is 0.148. The second kappa shape index (κ2) is 7.99. The van der Waals surface area contributed by atoms with Crippen LogP contribution in [0.25, 0.3) is 0 Å². The number of hydrogen-bond acceptors (Lipinski definition) is 4. The van der Waals surface area contributed by atoms with E-state index in [0.29, 0.717) is 5.56 Å². The van der Waals surface area contributed by atoms with Gasteiger partial charge in [-0.05, 0) is 18.1 Å². The lowest BCUT2D eigenvalue weighted by atomic mass is 10.0. The van der Waals surface area contributed by atoms with E-state index in [9.17, 15) is 26.6 Å². The first-order chi connectivity index (χ1) is 11.6. The molecule has 0 radical (unpaired) electrons. The van der Waals surface area contributed by atoms with E-state index in [1.807, 2.05) is 0 Å². The van der Waals surface area contributed by atoms with Gasteiger partial charge in [-0.2, -0.15) is 8.78 Å². The van der Waals surface area contributed by atoms with Crippen molar-refractivity contribution in [3.8, 4) is 0 Å². The van der Waals surface area contributed by atoms with Gasteiger partial charge in [-0.3, -0.25) is 9.36 Å². The molecule has 26 heavy (non-hydrogen) atoms. The van der Waals surface area contributed by atoms with E-state index in [-0.39, 0.29) is 10.9 Å². The minimum Gasteiger partial charge on any atom is -0.347 e.